The van der Waals surface area contributed by atoms with Crippen LogP contribution < -0.4 is 5.32 Å². The normalized spacial score (nSPS) is 23.9. The molecule has 4 rings (SSSR count). The minimum absolute atomic E-state index is 0.352. The Hall–Kier alpha value is -1.31. The predicted molar refractivity (Wildman–Crippen MR) is 143 cm³/mol. The van der Waals surface area contributed by atoms with Crippen LogP contribution >= 0.6 is 11.3 Å². The van der Waals surface area contributed by atoms with E-state index in [0.29, 0.717) is 5.92 Å². The van der Waals surface area contributed by atoms with E-state index in [9.17, 15) is 5.11 Å². The standard InChI is InChI=1S/C28H44N4OS/c1-20-16-21(2)18-32(17-20)13-7-12-29-27(33)24-10-14-31(15-11-24)19-26-23(4)34-28(30-26)25-9-6-5-8-22(25)3/h5-6,8-9,20-21,24,27,29,33H,7,10-19H2,1-4H3/t20-,21+,27?. The number of thiazole rings is 1. The highest BCUT2D eigenvalue weighted by atomic mass is 32.1. The van der Waals surface area contributed by atoms with Gasteiger partial charge in [-0.15, -0.1) is 11.3 Å². The molecule has 0 aliphatic carbocycles. The van der Waals surface area contributed by atoms with Gasteiger partial charge in [-0.2, -0.15) is 0 Å². The molecule has 6 heteroatoms. The van der Waals surface area contributed by atoms with E-state index in [1.165, 1.54) is 41.2 Å². The zero-order valence-electron chi connectivity index (χ0n) is 21.6. The number of piperidine rings is 2. The van der Waals surface area contributed by atoms with Gasteiger partial charge in [0.1, 0.15) is 11.2 Å². The molecular weight excluding hydrogens is 440 g/mol. The summed E-state index contributed by atoms with van der Waals surface area (Å²) >= 11 is 1.81. The number of benzene rings is 1. The molecule has 0 saturated carbocycles. The molecule has 5 nitrogen and oxygen atoms in total. The first kappa shape index (κ1) is 25.8. The van der Waals surface area contributed by atoms with Crippen LogP contribution in [-0.4, -0.2) is 65.4 Å². The average molecular weight is 485 g/mol. The molecule has 2 aliphatic rings. The summed E-state index contributed by atoms with van der Waals surface area (Å²) in [6, 6.07) is 8.51. The second kappa shape index (κ2) is 12.1. The van der Waals surface area contributed by atoms with E-state index < -0.39 is 0 Å². The number of aliphatic hydroxyl groups excluding tert-OH is 1. The molecule has 2 aromatic rings. The average Bonchev–Trinajstić information content (AvgIpc) is 3.16. The summed E-state index contributed by atoms with van der Waals surface area (Å²) in [6.07, 6.45) is 4.19. The van der Waals surface area contributed by atoms with Gasteiger partial charge in [-0.1, -0.05) is 38.1 Å². The van der Waals surface area contributed by atoms with Gasteiger partial charge in [-0.25, -0.2) is 4.98 Å². The lowest BCUT2D eigenvalue weighted by atomic mass is 9.92. The van der Waals surface area contributed by atoms with Gasteiger partial charge in [-0.05, 0) is 83.1 Å². The minimum atomic E-state index is -0.380. The summed E-state index contributed by atoms with van der Waals surface area (Å²) in [5, 5.41) is 15.3. The zero-order chi connectivity index (χ0) is 24.1. The number of nitrogens with one attached hydrogen (secondary N) is 1. The molecule has 0 radical (unpaired) electrons. The van der Waals surface area contributed by atoms with Gasteiger partial charge in [0.15, 0.2) is 0 Å². The van der Waals surface area contributed by atoms with Gasteiger partial charge in [0, 0.05) is 36.0 Å². The monoisotopic (exact) mass is 484 g/mol. The van der Waals surface area contributed by atoms with E-state index in [1.807, 2.05) is 0 Å². The second-order valence-corrected chi connectivity index (χ2v) is 12.1. The maximum absolute atomic E-state index is 10.7. The largest absolute Gasteiger partial charge is 0.378 e. The molecular formula is C28H44N4OS. The Bertz CT molecular complexity index is 898. The molecule has 3 atom stereocenters. The van der Waals surface area contributed by atoms with Crippen LogP contribution in [0, 0.1) is 31.6 Å². The molecule has 0 spiro atoms. The Balaban J connectivity index is 1.18. The number of aromatic nitrogens is 1. The van der Waals surface area contributed by atoms with Crippen molar-refractivity contribution < 1.29 is 5.11 Å². The van der Waals surface area contributed by atoms with Crippen LogP contribution in [-0.2, 0) is 6.54 Å². The molecule has 1 aromatic heterocycles. The van der Waals surface area contributed by atoms with Crippen molar-refractivity contribution in [3.05, 3.63) is 40.4 Å². The van der Waals surface area contributed by atoms with Crippen molar-refractivity contribution in [3.63, 3.8) is 0 Å². The highest BCUT2D eigenvalue weighted by Crippen LogP contribution is 2.31. The van der Waals surface area contributed by atoms with Crippen LogP contribution in [0.2, 0.25) is 0 Å². The van der Waals surface area contributed by atoms with Gasteiger partial charge in [-0.3, -0.25) is 10.2 Å². The number of hydrogen-bond donors (Lipinski definition) is 2. The Morgan fingerprint density at radius 3 is 2.50 bits per heavy atom. The van der Waals surface area contributed by atoms with Crippen molar-refractivity contribution in [2.45, 2.75) is 66.2 Å². The Labute approximate surface area is 210 Å². The van der Waals surface area contributed by atoms with E-state index in [2.05, 4.69) is 67.1 Å². The van der Waals surface area contributed by atoms with Gasteiger partial charge >= 0.3 is 0 Å². The minimum Gasteiger partial charge on any atom is -0.378 e. The van der Waals surface area contributed by atoms with Crippen molar-refractivity contribution in [1.29, 1.82) is 0 Å². The first-order valence-corrected chi connectivity index (χ1v) is 14.1. The first-order chi connectivity index (χ1) is 16.4. The molecule has 0 amide bonds. The maximum atomic E-state index is 10.7. The van der Waals surface area contributed by atoms with Crippen molar-refractivity contribution >= 4 is 11.3 Å². The van der Waals surface area contributed by atoms with E-state index in [4.69, 9.17) is 4.98 Å². The van der Waals surface area contributed by atoms with Crippen LogP contribution in [0.25, 0.3) is 10.6 Å². The number of likely N-dealkylation sites (tertiary alicyclic amines) is 2. The third-order valence-electron chi connectivity index (χ3n) is 7.67. The first-order valence-electron chi connectivity index (χ1n) is 13.3. The number of aryl methyl sites for hydroxylation is 2. The fraction of sp³-hybridized carbons (Fsp3) is 0.679. The fourth-order valence-corrected chi connectivity index (χ4v) is 6.85. The van der Waals surface area contributed by atoms with Crippen LogP contribution in [0.15, 0.2) is 24.3 Å². The van der Waals surface area contributed by atoms with E-state index in [-0.39, 0.29) is 6.23 Å². The summed E-state index contributed by atoms with van der Waals surface area (Å²) in [5.41, 5.74) is 3.74. The van der Waals surface area contributed by atoms with Crippen molar-refractivity contribution in [2.24, 2.45) is 17.8 Å². The van der Waals surface area contributed by atoms with Gasteiger partial charge in [0.05, 0.1) is 5.69 Å². The van der Waals surface area contributed by atoms with Crippen molar-refractivity contribution in [3.8, 4) is 10.6 Å². The number of rotatable bonds is 9. The quantitative estimate of drug-likeness (QED) is 0.391. The van der Waals surface area contributed by atoms with Gasteiger partial charge in [0.25, 0.3) is 0 Å². The molecule has 34 heavy (non-hydrogen) atoms. The molecule has 2 fully saturated rings. The summed E-state index contributed by atoms with van der Waals surface area (Å²) in [5.74, 6) is 1.98. The summed E-state index contributed by atoms with van der Waals surface area (Å²) in [6.45, 7) is 16.6. The summed E-state index contributed by atoms with van der Waals surface area (Å²) in [4.78, 5) is 11.4. The molecule has 1 unspecified atom stereocenters. The van der Waals surface area contributed by atoms with E-state index in [1.54, 1.807) is 11.3 Å². The lowest BCUT2D eigenvalue weighted by molar-refractivity contribution is 0.0330. The second-order valence-electron chi connectivity index (χ2n) is 10.9. The Morgan fingerprint density at radius 1 is 1.09 bits per heavy atom. The molecule has 0 bridgehead atoms. The maximum Gasteiger partial charge on any atom is 0.124 e. The molecule has 1 aromatic carbocycles. The predicted octanol–water partition coefficient (Wildman–Crippen LogP) is 4.91. The highest BCUT2D eigenvalue weighted by molar-refractivity contribution is 7.15. The molecule has 188 valence electrons. The Kier molecular flexibility index (Phi) is 9.16. The van der Waals surface area contributed by atoms with Gasteiger partial charge < -0.3 is 10.0 Å². The van der Waals surface area contributed by atoms with E-state index in [0.717, 1.165) is 68.8 Å². The summed E-state index contributed by atoms with van der Waals surface area (Å²) < 4.78 is 0. The smallest absolute Gasteiger partial charge is 0.124 e. The third-order valence-corrected chi connectivity index (χ3v) is 8.72. The van der Waals surface area contributed by atoms with Gasteiger partial charge in [0.2, 0.25) is 0 Å². The van der Waals surface area contributed by atoms with E-state index >= 15 is 0 Å². The number of hydrogen-bond acceptors (Lipinski definition) is 6. The molecule has 3 heterocycles. The van der Waals surface area contributed by atoms with Crippen LogP contribution in [0.3, 0.4) is 0 Å². The Morgan fingerprint density at radius 2 is 1.79 bits per heavy atom. The molecule has 2 N–H and O–H groups in total. The lowest BCUT2D eigenvalue weighted by Gasteiger charge is -2.35. The van der Waals surface area contributed by atoms with Crippen LogP contribution in [0.1, 0.15) is 55.7 Å². The lowest BCUT2D eigenvalue weighted by Crippen LogP contribution is -2.44. The van der Waals surface area contributed by atoms with Crippen LogP contribution in [0.5, 0.6) is 0 Å². The van der Waals surface area contributed by atoms with Crippen molar-refractivity contribution in [2.75, 3.05) is 39.3 Å². The highest BCUT2D eigenvalue weighted by Gasteiger charge is 2.26. The zero-order valence-corrected chi connectivity index (χ0v) is 22.4. The topological polar surface area (TPSA) is 51.6 Å². The summed E-state index contributed by atoms with van der Waals surface area (Å²) in [7, 11) is 0. The fourth-order valence-electron chi connectivity index (χ4n) is 5.84. The number of aliphatic hydroxyl groups is 1. The number of nitrogens with zero attached hydrogens (tertiary/aromatic N) is 3. The molecule has 2 saturated heterocycles. The third kappa shape index (κ3) is 6.88. The SMILES string of the molecule is Cc1ccccc1-c1nc(CN2CCC(C(O)NCCCN3C[C@H](C)C[C@H](C)C3)CC2)c(C)s1. The van der Waals surface area contributed by atoms with Crippen LogP contribution in [0.4, 0.5) is 0 Å². The van der Waals surface area contributed by atoms with Crippen molar-refractivity contribution in [1.82, 2.24) is 20.1 Å². The molecule has 2 aliphatic heterocycles.